The van der Waals surface area contributed by atoms with Gasteiger partial charge in [-0.1, -0.05) is 19.1 Å². The number of aliphatic hydroxyl groups excluding tert-OH is 1. The third kappa shape index (κ3) is 4.06. The van der Waals surface area contributed by atoms with E-state index in [1.165, 1.54) is 0 Å². The van der Waals surface area contributed by atoms with Crippen LogP contribution in [0.2, 0.25) is 0 Å². The number of carbonyl (C=O) groups excluding carboxylic acids is 1. The summed E-state index contributed by atoms with van der Waals surface area (Å²) in [6.45, 7) is 7.75. The molecule has 6 heteroatoms. The van der Waals surface area contributed by atoms with Gasteiger partial charge < -0.3 is 10.4 Å². The standard InChI is InChI=1S/C19H24N4O2/c1-5-16-17(15-8-6-14(10-20)7-9-15)22-23(12(2)3)18(16)19(25)21-11-13(4)24/h6-9,12-13,24H,5,11H2,1-4H3,(H,21,25)/t13-/m0/s1. The Balaban J connectivity index is 2.53. The number of aromatic nitrogens is 2. The molecule has 0 aliphatic rings. The van der Waals surface area contributed by atoms with Crippen molar-refractivity contribution in [2.75, 3.05) is 6.54 Å². The fraction of sp³-hybridized carbons (Fsp3) is 0.421. The van der Waals surface area contributed by atoms with Crippen molar-refractivity contribution in [1.29, 1.82) is 5.26 Å². The number of nitrogens with zero attached hydrogens (tertiary/aromatic N) is 3. The predicted molar refractivity (Wildman–Crippen MR) is 96.2 cm³/mol. The molecule has 0 fully saturated rings. The van der Waals surface area contributed by atoms with E-state index in [4.69, 9.17) is 5.26 Å². The average molecular weight is 340 g/mol. The maximum atomic E-state index is 12.7. The molecule has 0 saturated carbocycles. The Morgan fingerprint density at radius 3 is 2.44 bits per heavy atom. The number of nitrogens with one attached hydrogen (secondary N) is 1. The first kappa shape index (κ1) is 18.7. The highest BCUT2D eigenvalue weighted by atomic mass is 16.3. The van der Waals surface area contributed by atoms with E-state index in [0.717, 1.165) is 16.8 Å². The minimum atomic E-state index is -0.609. The molecule has 0 aliphatic carbocycles. The van der Waals surface area contributed by atoms with Crippen LogP contribution in [0.15, 0.2) is 24.3 Å². The molecule has 25 heavy (non-hydrogen) atoms. The second-order valence-corrected chi connectivity index (χ2v) is 6.32. The maximum Gasteiger partial charge on any atom is 0.269 e. The van der Waals surface area contributed by atoms with Crippen LogP contribution in [0.1, 0.15) is 55.4 Å². The van der Waals surface area contributed by atoms with Gasteiger partial charge in [0.1, 0.15) is 5.69 Å². The molecule has 2 N–H and O–H groups in total. The zero-order valence-corrected chi connectivity index (χ0v) is 15.1. The number of benzene rings is 1. The molecule has 132 valence electrons. The fourth-order valence-electron chi connectivity index (χ4n) is 2.68. The van der Waals surface area contributed by atoms with Crippen LogP contribution in [0.4, 0.5) is 0 Å². The van der Waals surface area contributed by atoms with E-state index in [0.29, 0.717) is 17.7 Å². The van der Waals surface area contributed by atoms with E-state index in [1.807, 2.05) is 32.9 Å². The summed E-state index contributed by atoms with van der Waals surface area (Å²) in [6, 6.07) is 9.31. The van der Waals surface area contributed by atoms with Gasteiger partial charge in [-0.3, -0.25) is 9.48 Å². The fourth-order valence-corrected chi connectivity index (χ4v) is 2.68. The number of hydrogen-bond donors (Lipinski definition) is 2. The third-order valence-electron chi connectivity index (χ3n) is 3.91. The van der Waals surface area contributed by atoms with E-state index >= 15 is 0 Å². The SMILES string of the molecule is CCc1c(-c2ccc(C#N)cc2)nn(C(C)C)c1C(=O)NC[C@H](C)O. The Hall–Kier alpha value is -2.65. The van der Waals surface area contributed by atoms with Gasteiger partial charge in [-0.25, -0.2) is 0 Å². The first-order chi connectivity index (χ1) is 11.9. The van der Waals surface area contributed by atoms with Crippen LogP contribution in [0.3, 0.4) is 0 Å². The Morgan fingerprint density at radius 2 is 1.96 bits per heavy atom. The normalized spacial score (nSPS) is 12.0. The van der Waals surface area contributed by atoms with Gasteiger partial charge in [0.15, 0.2) is 0 Å². The van der Waals surface area contributed by atoms with Gasteiger partial charge in [0.25, 0.3) is 5.91 Å². The van der Waals surface area contributed by atoms with Crippen molar-refractivity contribution in [3.05, 3.63) is 41.1 Å². The molecule has 0 unspecified atom stereocenters. The van der Waals surface area contributed by atoms with Gasteiger partial charge in [-0.2, -0.15) is 10.4 Å². The van der Waals surface area contributed by atoms with E-state index in [2.05, 4.69) is 16.5 Å². The average Bonchev–Trinajstić information content (AvgIpc) is 2.99. The van der Waals surface area contributed by atoms with Gasteiger partial charge in [-0.15, -0.1) is 0 Å². The number of amides is 1. The molecule has 1 atom stereocenters. The summed E-state index contributed by atoms with van der Waals surface area (Å²) in [5, 5.41) is 25.8. The number of hydrogen-bond acceptors (Lipinski definition) is 4. The lowest BCUT2D eigenvalue weighted by atomic mass is 10.0. The molecular weight excluding hydrogens is 316 g/mol. The molecule has 1 amide bonds. The molecule has 0 saturated heterocycles. The molecular formula is C19H24N4O2. The zero-order valence-electron chi connectivity index (χ0n) is 15.1. The summed E-state index contributed by atoms with van der Waals surface area (Å²) in [5.41, 5.74) is 3.60. The molecule has 1 aromatic carbocycles. The highest BCUT2D eigenvalue weighted by Gasteiger charge is 2.24. The number of nitriles is 1. The highest BCUT2D eigenvalue weighted by Crippen LogP contribution is 2.28. The maximum absolute atomic E-state index is 12.7. The second-order valence-electron chi connectivity index (χ2n) is 6.32. The molecule has 1 aromatic heterocycles. The smallest absolute Gasteiger partial charge is 0.269 e. The Labute approximate surface area is 148 Å². The summed E-state index contributed by atoms with van der Waals surface area (Å²) in [4.78, 5) is 12.7. The first-order valence-corrected chi connectivity index (χ1v) is 8.47. The summed E-state index contributed by atoms with van der Waals surface area (Å²) in [7, 11) is 0. The second kappa shape index (κ2) is 7.95. The van der Waals surface area contributed by atoms with Crippen LogP contribution in [-0.2, 0) is 6.42 Å². The molecule has 0 bridgehead atoms. The van der Waals surface area contributed by atoms with E-state index in [9.17, 15) is 9.90 Å². The lowest BCUT2D eigenvalue weighted by molar-refractivity contribution is 0.0910. The van der Waals surface area contributed by atoms with Gasteiger partial charge >= 0.3 is 0 Å². The van der Waals surface area contributed by atoms with Crippen LogP contribution >= 0.6 is 0 Å². The number of rotatable bonds is 6. The van der Waals surface area contributed by atoms with E-state index in [-0.39, 0.29) is 18.5 Å². The van der Waals surface area contributed by atoms with Crippen LogP contribution < -0.4 is 5.32 Å². The van der Waals surface area contributed by atoms with Crippen LogP contribution in [0.25, 0.3) is 11.3 Å². The predicted octanol–water partition coefficient (Wildman–Crippen LogP) is 2.68. The first-order valence-electron chi connectivity index (χ1n) is 8.47. The topological polar surface area (TPSA) is 90.9 Å². The van der Waals surface area contributed by atoms with Gasteiger partial charge in [0, 0.05) is 23.7 Å². The Morgan fingerprint density at radius 1 is 1.32 bits per heavy atom. The van der Waals surface area contributed by atoms with Gasteiger partial charge in [-0.05, 0) is 39.3 Å². The molecule has 0 radical (unpaired) electrons. The summed E-state index contributed by atoms with van der Waals surface area (Å²) in [6.07, 6.45) is 0.0434. The van der Waals surface area contributed by atoms with Crippen molar-refractivity contribution in [3.63, 3.8) is 0 Å². The van der Waals surface area contributed by atoms with Crippen molar-refractivity contribution in [2.24, 2.45) is 0 Å². The van der Waals surface area contributed by atoms with Crippen LogP contribution in [0, 0.1) is 11.3 Å². The van der Waals surface area contributed by atoms with Gasteiger partial charge in [0.05, 0.1) is 23.4 Å². The lowest BCUT2D eigenvalue weighted by Gasteiger charge is -2.13. The Kier molecular flexibility index (Phi) is 5.94. The molecule has 0 aliphatic heterocycles. The van der Waals surface area contributed by atoms with E-state index < -0.39 is 6.10 Å². The molecule has 0 spiro atoms. The highest BCUT2D eigenvalue weighted by molar-refractivity contribution is 5.96. The van der Waals surface area contributed by atoms with Gasteiger partial charge in [0.2, 0.25) is 0 Å². The summed E-state index contributed by atoms with van der Waals surface area (Å²) < 4.78 is 1.73. The lowest BCUT2D eigenvalue weighted by Crippen LogP contribution is -2.33. The third-order valence-corrected chi connectivity index (χ3v) is 3.91. The largest absolute Gasteiger partial charge is 0.392 e. The summed E-state index contributed by atoms with van der Waals surface area (Å²) in [5.74, 6) is -0.237. The quantitative estimate of drug-likeness (QED) is 0.846. The van der Waals surface area contributed by atoms with Crippen molar-refractivity contribution in [1.82, 2.24) is 15.1 Å². The van der Waals surface area contributed by atoms with Crippen LogP contribution in [0.5, 0.6) is 0 Å². The number of carbonyl (C=O) groups is 1. The molecule has 2 rings (SSSR count). The van der Waals surface area contributed by atoms with Crippen molar-refractivity contribution in [3.8, 4) is 17.3 Å². The van der Waals surface area contributed by atoms with Crippen LogP contribution in [-0.4, -0.2) is 33.4 Å². The zero-order chi connectivity index (χ0) is 18.6. The summed E-state index contributed by atoms with van der Waals surface area (Å²) >= 11 is 0. The van der Waals surface area contributed by atoms with E-state index in [1.54, 1.807) is 23.7 Å². The van der Waals surface area contributed by atoms with Crippen molar-refractivity contribution in [2.45, 2.75) is 46.3 Å². The number of aliphatic hydroxyl groups is 1. The Bertz CT molecular complexity index is 783. The van der Waals surface area contributed by atoms with Crippen molar-refractivity contribution < 1.29 is 9.90 Å². The monoisotopic (exact) mass is 340 g/mol. The molecule has 2 aromatic rings. The minimum Gasteiger partial charge on any atom is -0.392 e. The van der Waals surface area contributed by atoms with Crippen molar-refractivity contribution >= 4 is 5.91 Å². The molecule has 6 nitrogen and oxygen atoms in total. The minimum absolute atomic E-state index is 0.0183. The molecule has 1 heterocycles.